The van der Waals surface area contributed by atoms with Gasteiger partial charge in [-0.25, -0.2) is 9.97 Å². The molecular weight excluding hydrogens is 274 g/mol. The Morgan fingerprint density at radius 1 is 1.26 bits per heavy atom. The van der Waals surface area contributed by atoms with Crippen LogP contribution in [0.1, 0.15) is 6.92 Å². The molecule has 0 aliphatic heterocycles. The number of para-hydroxylation sites is 1. The van der Waals surface area contributed by atoms with Crippen LogP contribution in [0.3, 0.4) is 0 Å². The first-order valence-corrected chi connectivity index (χ1v) is 7.72. The van der Waals surface area contributed by atoms with Gasteiger partial charge in [0, 0.05) is 17.6 Å². The number of aromatic nitrogens is 2. The van der Waals surface area contributed by atoms with Gasteiger partial charge in [-0.3, -0.25) is 0 Å². The lowest BCUT2D eigenvalue weighted by Gasteiger charge is -2.03. The Morgan fingerprint density at radius 3 is 3.00 bits per heavy atom. The monoisotopic (exact) mass is 287 g/mol. The number of rotatable bonds is 4. The molecular formula is C14H13N3S2. The Hall–Kier alpha value is -1.59. The third-order valence-corrected chi connectivity index (χ3v) is 4.66. The number of anilines is 1. The Kier molecular flexibility index (Phi) is 3.66. The van der Waals surface area contributed by atoms with Crippen LogP contribution in [0.15, 0.2) is 51.8 Å². The molecule has 1 N–H and O–H groups in total. The van der Waals surface area contributed by atoms with E-state index in [2.05, 4.69) is 34.3 Å². The Bertz CT molecular complexity index is 661. The van der Waals surface area contributed by atoms with Crippen LogP contribution in [-0.4, -0.2) is 16.5 Å². The van der Waals surface area contributed by atoms with Gasteiger partial charge < -0.3 is 5.32 Å². The average molecular weight is 287 g/mol. The molecule has 1 aromatic carbocycles. The number of nitrogens with zero attached hydrogens (tertiary/aromatic N) is 2. The third kappa shape index (κ3) is 2.88. The van der Waals surface area contributed by atoms with Gasteiger partial charge in [-0.15, -0.1) is 11.3 Å². The summed E-state index contributed by atoms with van der Waals surface area (Å²) in [7, 11) is 0. The lowest BCUT2D eigenvalue weighted by Crippen LogP contribution is -1.98. The fraction of sp³-hybridized carbons (Fsp3) is 0.143. The second kappa shape index (κ2) is 5.59. The van der Waals surface area contributed by atoms with Crippen LogP contribution in [0.2, 0.25) is 0 Å². The van der Waals surface area contributed by atoms with Crippen molar-refractivity contribution in [2.24, 2.45) is 0 Å². The van der Waals surface area contributed by atoms with Crippen molar-refractivity contribution >= 4 is 39.1 Å². The van der Waals surface area contributed by atoms with Crippen LogP contribution >= 0.6 is 23.1 Å². The predicted octanol–water partition coefficient (Wildman–Crippen LogP) is 4.27. The van der Waals surface area contributed by atoms with E-state index >= 15 is 0 Å². The maximum absolute atomic E-state index is 4.62. The molecule has 0 saturated carbocycles. The summed E-state index contributed by atoms with van der Waals surface area (Å²) in [6, 6.07) is 12.3. The highest BCUT2D eigenvalue weighted by atomic mass is 32.2. The quantitative estimate of drug-likeness (QED) is 0.777. The summed E-state index contributed by atoms with van der Waals surface area (Å²) in [4.78, 5) is 10.1. The molecule has 19 heavy (non-hydrogen) atoms. The lowest BCUT2D eigenvalue weighted by molar-refractivity contribution is 1.14. The predicted molar refractivity (Wildman–Crippen MR) is 82.1 cm³/mol. The van der Waals surface area contributed by atoms with Crippen molar-refractivity contribution in [3.63, 3.8) is 0 Å². The minimum atomic E-state index is 0.877. The summed E-state index contributed by atoms with van der Waals surface area (Å²) < 4.78 is 2.29. The third-order valence-electron chi connectivity index (χ3n) is 2.57. The molecule has 0 radical (unpaired) electrons. The average Bonchev–Trinajstić information content (AvgIpc) is 2.81. The van der Waals surface area contributed by atoms with Crippen molar-refractivity contribution in [3.05, 3.63) is 42.6 Å². The zero-order valence-electron chi connectivity index (χ0n) is 10.5. The van der Waals surface area contributed by atoms with Gasteiger partial charge in [0.1, 0.15) is 5.82 Å². The SMILES string of the molecule is CCNc1cc(Sc2nc3ccccc3s2)ccn1. The highest BCUT2D eigenvalue weighted by molar-refractivity contribution is 8.01. The maximum atomic E-state index is 4.62. The molecule has 96 valence electrons. The molecule has 3 rings (SSSR count). The number of nitrogens with one attached hydrogen (secondary N) is 1. The Labute approximate surface area is 120 Å². The van der Waals surface area contributed by atoms with Crippen molar-refractivity contribution < 1.29 is 0 Å². The van der Waals surface area contributed by atoms with E-state index in [1.165, 1.54) is 4.70 Å². The van der Waals surface area contributed by atoms with Crippen molar-refractivity contribution in [1.29, 1.82) is 0 Å². The first-order chi connectivity index (χ1) is 9.35. The van der Waals surface area contributed by atoms with Crippen LogP contribution in [0.5, 0.6) is 0 Å². The molecule has 0 fully saturated rings. The van der Waals surface area contributed by atoms with Gasteiger partial charge in [0.25, 0.3) is 0 Å². The molecule has 2 heterocycles. The molecule has 0 spiro atoms. The van der Waals surface area contributed by atoms with Crippen LogP contribution in [0.25, 0.3) is 10.2 Å². The highest BCUT2D eigenvalue weighted by Gasteiger charge is 2.05. The van der Waals surface area contributed by atoms with Gasteiger partial charge in [0.15, 0.2) is 4.34 Å². The molecule has 5 heteroatoms. The molecule has 0 amide bonds. The van der Waals surface area contributed by atoms with Gasteiger partial charge in [-0.1, -0.05) is 23.9 Å². The van der Waals surface area contributed by atoms with Crippen LogP contribution in [0, 0.1) is 0 Å². The van der Waals surface area contributed by atoms with E-state index in [4.69, 9.17) is 0 Å². The van der Waals surface area contributed by atoms with Crippen LogP contribution in [0.4, 0.5) is 5.82 Å². The Balaban J connectivity index is 1.85. The normalized spacial score (nSPS) is 10.8. The van der Waals surface area contributed by atoms with E-state index in [1.807, 2.05) is 30.5 Å². The summed E-state index contributed by atoms with van der Waals surface area (Å²) in [6.07, 6.45) is 1.83. The second-order valence-corrected chi connectivity index (χ2v) is 6.31. The first-order valence-electron chi connectivity index (χ1n) is 6.08. The smallest absolute Gasteiger partial charge is 0.155 e. The van der Waals surface area contributed by atoms with E-state index in [0.29, 0.717) is 0 Å². The zero-order valence-corrected chi connectivity index (χ0v) is 12.1. The molecule has 0 saturated heterocycles. The van der Waals surface area contributed by atoms with Gasteiger partial charge in [-0.05, 0) is 31.2 Å². The van der Waals surface area contributed by atoms with Gasteiger partial charge in [-0.2, -0.15) is 0 Å². The van der Waals surface area contributed by atoms with E-state index in [0.717, 1.165) is 27.1 Å². The molecule has 0 aliphatic carbocycles. The first kappa shape index (κ1) is 12.4. The van der Waals surface area contributed by atoms with Crippen molar-refractivity contribution in [3.8, 4) is 0 Å². The number of pyridine rings is 1. The highest BCUT2D eigenvalue weighted by Crippen LogP contribution is 2.34. The topological polar surface area (TPSA) is 37.8 Å². The van der Waals surface area contributed by atoms with E-state index in [9.17, 15) is 0 Å². The molecule has 0 unspecified atom stereocenters. The molecule has 2 aromatic heterocycles. The fourth-order valence-electron chi connectivity index (χ4n) is 1.75. The second-order valence-electron chi connectivity index (χ2n) is 3.96. The van der Waals surface area contributed by atoms with Gasteiger partial charge in [0.2, 0.25) is 0 Å². The largest absolute Gasteiger partial charge is 0.370 e. The number of hydrogen-bond acceptors (Lipinski definition) is 5. The minimum Gasteiger partial charge on any atom is -0.370 e. The minimum absolute atomic E-state index is 0.877. The summed E-state index contributed by atoms with van der Waals surface area (Å²) >= 11 is 3.40. The summed E-state index contributed by atoms with van der Waals surface area (Å²) in [5, 5.41) is 3.22. The summed E-state index contributed by atoms with van der Waals surface area (Å²) in [5.74, 6) is 0.911. The zero-order chi connectivity index (χ0) is 13.1. The van der Waals surface area contributed by atoms with E-state index < -0.39 is 0 Å². The maximum Gasteiger partial charge on any atom is 0.155 e. The van der Waals surface area contributed by atoms with Crippen molar-refractivity contribution in [2.45, 2.75) is 16.2 Å². The van der Waals surface area contributed by atoms with E-state index in [1.54, 1.807) is 23.1 Å². The molecule has 0 aliphatic rings. The number of hydrogen-bond donors (Lipinski definition) is 1. The molecule has 3 aromatic rings. The lowest BCUT2D eigenvalue weighted by atomic mass is 10.3. The van der Waals surface area contributed by atoms with Gasteiger partial charge in [0.05, 0.1) is 10.2 Å². The van der Waals surface area contributed by atoms with Crippen molar-refractivity contribution in [2.75, 3.05) is 11.9 Å². The van der Waals surface area contributed by atoms with Crippen LogP contribution < -0.4 is 5.32 Å². The number of fused-ring (bicyclic) bond motifs is 1. The Morgan fingerprint density at radius 2 is 2.16 bits per heavy atom. The molecule has 0 bridgehead atoms. The van der Waals surface area contributed by atoms with Gasteiger partial charge >= 0.3 is 0 Å². The summed E-state index contributed by atoms with van der Waals surface area (Å²) in [6.45, 7) is 2.94. The van der Waals surface area contributed by atoms with Crippen molar-refractivity contribution in [1.82, 2.24) is 9.97 Å². The summed E-state index contributed by atoms with van der Waals surface area (Å²) in [5.41, 5.74) is 1.07. The van der Waals surface area contributed by atoms with E-state index in [-0.39, 0.29) is 0 Å². The van der Waals surface area contributed by atoms with Crippen LogP contribution in [-0.2, 0) is 0 Å². The fourth-order valence-corrected chi connectivity index (χ4v) is 3.81. The standard InChI is InChI=1S/C14H13N3S2/c1-2-15-13-9-10(7-8-16-13)18-14-17-11-5-3-4-6-12(11)19-14/h3-9H,2H2,1H3,(H,15,16). The molecule has 0 atom stereocenters. The molecule has 3 nitrogen and oxygen atoms in total. The number of thiazole rings is 1. The number of benzene rings is 1.